The molecular weight excluding hydrogens is 262 g/mol. The molecule has 2 heterocycles. The van der Waals surface area contributed by atoms with Gasteiger partial charge in [0.05, 0.1) is 0 Å². The molecule has 0 amide bonds. The first-order chi connectivity index (χ1) is 10.2. The Kier molecular flexibility index (Phi) is 3.60. The molecule has 21 heavy (non-hydrogen) atoms. The molecule has 0 fully saturated rings. The van der Waals surface area contributed by atoms with E-state index in [4.69, 9.17) is 4.42 Å². The second-order valence-corrected chi connectivity index (χ2v) is 5.16. The third-order valence-corrected chi connectivity index (χ3v) is 3.50. The van der Waals surface area contributed by atoms with Gasteiger partial charge in [0, 0.05) is 24.9 Å². The number of fused-ring (bicyclic) bond motifs is 1. The number of furan rings is 1. The zero-order chi connectivity index (χ0) is 14.8. The van der Waals surface area contributed by atoms with Crippen molar-refractivity contribution in [1.29, 1.82) is 0 Å². The fourth-order valence-electron chi connectivity index (χ4n) is 2.42. The second kappa shape index (κ2) is 5.56. The van der Waals surface area contributed by atoms with E-state index < -0.39 is 0 Å². The monoisotopic (exact) mass is 281 g/mol. The summed E-state index contributed by atoms with van der Waals surface area (Å²) in [5.41, 5.74) is 2.89. The molecule has 3 rings (SSSR count). The summed E-state index contributed by atoms with van der Waals surface area (Å²) < 4.78 is 6.00. The summed E-state index contributed by atoms with van der Waals surface area (Å²) in [6.45, 7) is 4.18. The van der Waals surface area contributed by atoms with Gasteiger partial charge in [-0.05, 0) is 25.0 Å². The molecule has 0 atom stereocenters. The topological polar surface area (TPSA) is 51.0 Å². The molecule has 1 aromatic carbocycles. The minimum Gasteiger partial charge on any atom is -0.454 e. The molecule has 4 nitrogen and oxygen atoms in total. The van der Waals surface area contributed by atoms with Crippen LogP contribution in [-0.2, 0) is 6.42 Å². The van der Waals surface area contributed by atoms with Gasteiger partial charge in [-0.3, -0.25) is 0 Å². The van der Waals surface area contributed by atoms with Crippen molar-refractivity contribution < 1.29 is 4.42 Å². The molecule has 0 spiro atoms. The molecule has 0 radical (unpaired) electrons. The van der Waals surface area contributed by atoms with Crippen LogP contribution in [0.2, 0.25) is 0 Å². The minimum atomic E-state index is 0.788. The third-order valence-electron chi connectivity index (χ3n) is 3.50. The highest BCUT2D eigenvalue weighted by atomic mass is 16.3. The van der Waals surface area contributed by atoms with Crippen molar-refractivity contribution in [3.63, 3.8) is 0 Å². The standard InChI is InChI=1S/C17H19N3O/c1-4-6-15-19-13(10-16(18-3)20-15)14-9-12-8-5-7-11(2)17(12)21-14/h5,7-10H,4,6H2,1-3H3,(H,18,19,20). The Morgan fingerprint density at radius 3 is 2.76 bits per heavy atom. The van der Waals surface area contributed by atoms with Gasteiger partial charge in [-0.15, -0.1) is 0 Å². The Morgan fingerprint density at radius 1 is 1.19 bits per heavy atom. The molecule has 108 valence electrons. The predicted octanol–water partition coefficient (Wildman–Crippen LogP) is 4.19. The minimum absolute atomic E-state index is 0.788. The van der Waals surface area contributed by atoms with Crippen molar-refractivity contribution in [2.24, 2.45) is 0 Å². The number of hydrogen-bond donors (Lipinski definition) is 1. The van der Waals surface area contributed by atoms with Crippen LogP contribution in [0.15, 0.2) is 34.7 Å². The summed E-state index contributed by atoms with van der Waals surface area (Å²) in [5, 5.41) is 4.19. The fraction of sp³-hybridized carbons (Fsp3) is 0.294. The van der Waals surface area contributed by atoms with Gasteiger partial charge in [-0.25, -0.2) is 9.97 Å². The molecule has 1 N–H and O–H groups in total. The number of anilines is 1. The van der Waals surface area contributed by atoms with Crippen molar-refractivity contribution in [1.82, 2.24) is 9.97 Å². The Morgan fingerprint density at radius 2 is 2.05 bits per heavy atom. The Hall–Kier alpha value is -2.36. The van der Waals surface area contributed by atoms with Crippen LogP contribution in [0.25, 0.3) is 22.4 Å². The number of nitrogens with zero attached hydrogens (tertiary/aromatic N) is 2. The molecule has 0 aliphatic carbocycles. The van der Waals surface area contributed by atoms with E-state index in [0.717, 1.165) is 52.5 Å². The molecule has 0 saturated heterocycles. The van der Waals surface area contributed by atoms with Crippen molar-refractivity contribution in [3.8, 4) is 11.5 Å². The van der Waals surface area contributed by atoms with Crippen molar-refractivity contribution in [2.75, 3.05) is 12.4 Å². The van der Waals surface area contributed by atoms with Gasteiger partial charge in [0.15, 0.2) is 5.76 Å². The van der Waals surface area contributed by atoms with Crippen molar-refractivity contribution in [2.45, 2.75) is 26.7 Å². The first-order valence-corrected chi connectivity index (χ1v) is 7.26. The van der Waals surface area contributed by atoms with E-state index >= 15 is 0 Å². The maximum absolute atomic E-state index is 6.00. The van der Waals surface area contributed by atoms with E-state index in [0.29, 0.717) is 0 Å². The number of para-hydroxylation sites is 1. The third kappa shape index (κ3) is 2.61. The highest BCUT2D eigenvalue weighted by Crippen LogP contribution is 2.29. The van der Waals surface area contributed by atoms with Gasteiger partial charge in [-0.2, -0.15) is 0 Å². The lowest BCUT2D eigenvalue weighted by atomic mass is 10.2. The first kappa shape index (κ1) is 13.6. The average Bonchev–Trinajstić information content (AvgIpc) is 2.93. The van der Waals surface area contributed by atoms with E-state index in [2.05, 4.69) is 41.3 Å². The maximum atomic E-state index is 6.00. The predicted molar refractivity (Wildman–Crippen MR) is 85.5 cm³/mol. The number of benzene rings is 1. The van der Waals surface area contributed by atoms with Crippen molar-refractivity contribution >= 4 is 16.8 Å². The summed E-state index contributed by atoms with van der Waals surface area (Å²) in [6, 6.07) is 10.1. The lowest BCUT2D eigenvalue weighted by Gasteiger charge is -2.05. The van der Waals surface area contributed by atoms with Crippen LogP contribution in [-0.4, -0.2) is 17.0 Å². The lowest BCUT2D eigenvalue weighted by molar-refractivity contribution is 0.624. The van der Waals surface area contributed by atoms with E-state index in [9.17, 15) is 0 Å². The molecule has 0 aliphatic rings. The smallest absolute Gasteiger partial charge is 0.154 e. The molecule has 0 bridgehead atoms. The molecule has 2 aromatic heterocycles. The van der Waals surface area contributed by atoms with Gasteiger partial charge < -0.3 is 9.73 Å². The largest absolute Gasteiger partial charge is 0.454 e. The van der Waals surface area contributed by atoms with Gasteiger partial charge in [0.2, 0.25) is 0 Å². The lowest BCUT2D eigenvalue weighted by Crippen LogP contribution is -2.01. The zero-order valence-corrected chi connectivity index (χ0v) is 12.6. The van der Waals surface area contributed by atoms with Crippen LogP contribution < -0.4 is 5.32 Å². The summed E-state index contributed by atoms with van der Waals surface area (Å²) in [6.07, 6.45) is 1.88. The van der Waals surface area contributed by atoms with Gasteiger partial charge in [-0.1, -0.05) is 25.1 Å². The van der Waals surface area contributed by atoms with Gasteiger partial charge in [0.25, 0.3) is 0 Å². The van der Waals surface area contributed by atoms with E-state index in [1.165, 1.54) is 0 Å². The molecule has 0 saturated carbocycles. The SMILES string of the molecule is CCCc1nc(NC)cc(-c2cc3cccc(C)c3o2)n1. The number of nitrogens with one attached hydrogen (secondary N) is 1. The van der Waals surface area contributed by atoms with E-state index in [1.54, 1.807) is 0 Å². The molecule has 3 aromatic rings. The summed E-state index contributed by atoms with van der Waals surface area (Å²) in [7, 11) is 1.87. The number of rotatable bonds is 4. The average molecular weight is 281 g/mol. The highest BCUT2D eigenvalue weighted by Gasteiger charge is 2.11. The Bertz CT molecular complexity index is 777. The Labute approximate surface area is 124 Å². The number of hydrogen-bond acceptors (Lipinski definition) is 4. The van der Waals surface area contributed by atoms with Gasteiger partial charge in [0.1, 0.15) is 22.9 Å². The quantitative estimate of drug-likeness (QED) is 0.779. The van der Waals surface area contributed by atoms with Crippen LogP contribution in [0.5, 0.6) is 0 Å². The van der Waals surface area contributed by atoms with E-state index in [1.807, 2.05) is 25.2 Å². The molecule has 4 heteroatoms. The van der Waals surface area contributed by atoms with Crippen LogP contribution in [0.1, 0.15) is 24.7 Å². The van der Waals surface area contributed by atoms with Crippen molar-refractivity contribution in [3.05, 3.63) is 41.7 Å². The number of aromatic nitrogens is 2. The molecular formula is C17H19N3O. The highest BCUT2D eigenvalue weighted by molar-refractivity contribution is 5.84. The molecule has 0 unspecified atom stereocenters. The fourth-order valence-corrected chi connectivity index (χ4v) is 2.42. The Balaban J connectivity index is 2.12. The second-order valence-electron chi connectivity index (χ2n) is 5.16. The van der Waals surface area contributed by atoms with Crippen LogP contribution in [0, 0.1) is 6.92 Å². The van der Waals surface area contributed by atoms with Crippen LogP contribution in [0.3, 0.4) is 0 Å². The van der Waals surface area contributed by atoms with Crippen LogP contribution in [0.4, 0.5) is 5.82 Å². The summed E-state index contributed by atoms with van der Waals surface area (Å²) in [4.78, 5) is 9.10. The van der Waals surface area contributed by atoms with Crippen LogP contribution >= 0.6 is 0 Å². The summed E-state index contributed by atoms with van der Waals surface area (Å²) in [5.74, 6) is 2.45. The maximum Gasteiger partial charge on any atom is 0.154 e. The van der Waals surface area contributed by atoms with E-state index in [-0.39, 0.29) is 0 Å². The van der Waals surface area contributed by atoms with Gasteiger partial charge >= 0.3 is 0 Å². The molecule has 0 aliphatic heterocycles. The zero-order valence-electron chi connectivity index (χ0n) is 12.6. The number of aryl methyl sites for hydroxylation is 2. The normalized spacial score (nSPS) is 11.0. The first-order valence-electron chi connectivity index (χ1n) is 7.26. The summed E-state index contributed by atoms with van der Waals surface area (Å²) >= 11 is 0.